The van der Waals surface area contributed by atoms with Gasteiger partial charge in [0.15, 0.2) is 0 Å². The molecule has 0 bridgehead atoms. The van der Waals surface area contributed by atoms with Gasteiger partial charge in [-0.25, -0.2) is 14.3 Å². The van der Waals surface area contributed by atoms with E-state index in [-0.39, 0.29) is 11.7 Å². The van der Waals surface area contributed by atoms with Crippen LogP contribution in [0.4, 0.5) is 0 Å². The lowest BCUT2D eigenvalue weighted by Crippen LogP contribution is -2.44. The maximum absolute atomic E-state index is 13.1. The van der Waals surface area contributed by atoms with E-state index < -0.39 is 12.1 Å². The third kappa shape index (κ3) is 3.95. The predicted molar refractivity (Wildman–Crippen MR) is 102 cm³/mol. The smallest absolute Gasteiger partial charge is 0.379 e. The summed E-state index contributed by atoms with van der Waals surface area (Å²) in [6.07, 6.45) is -1.08. The summed E-state index contributed by atoms with van der Waals surface area (Å²) < 4.78 is 12.4. The summed E-state index contributed by atoms with van der Waals surface area (Å²) in [6.45, 7) is 5.51. The normalized spacial score (nSPS) is 15.3. The van der Waals surface area contributed by atoms with Crippen LogP contribution in [-0.2, 0) is 14.3 Å². The van der Waals surface area contributed by atoms with E-state index in [2.05, 4.69) is 15.1 Å². The first kappa shape index (κ1) is 19.0. The molecule has 1 saturated heterocycles. The van der Waals surface area contributed by atoms with Gasteiger partial charge in [-0.2, -0.15) is 4.98 Å². The van der Waals surface area contributed by atoms with Gasteiger partial charge < -0.3 is 14.4 Å². The molecule has 1 amide bonds. The van der Waals surface area contributed by atoms with Gasteiger partial charge in [0.1, 0.15) is 0 Å². The monoisotopic (exact) mass is 395 g/mol. The van der Waals surface area contributed by atoms with E-state index in [1.165, 1.54) is 4.52 Å². The van der Waals surface area contributed by atoms with Crippen molar-refractivity contribution in [2.24, 2.45) is 0 Å². The standard InChI is InChI=1S/C20H21N5O4/c1-13-12-14(2)25-20(21-13)22-17(23-25)19(27)29-16(15-6-4-3-5-7-15)18(26)24-8-10-28-11-9-24/h3-7,12,16H,8-11H2,1-2H3/t16-/m1/s1. The van der Waals surface area contributed by atoms with E-state index in [0.29, 0.717) is 37.6 Å². The van der Waals surface area contributed by atoms with Gasteiger partial charge >= 0.3 is 5.97 Å². The fourth-order valence-corrected chi connectivity index (χ4v) is 3.25. The molecule has 0 saturated carbocycles. The van der Waals surface area contributed by atoms with Crippen LogP contribution in [0.3, 0.4) is 0 Å². The molecule has 9 nitrogen and oxygen atoms in total. The van der Waals surface area contributed by atoms with Crippen molar-refractivity contribution in [2.45, 2.75) is 20.0 Å². The van der Waals surface area contributed by atoms with Crippen molar-refractivity contribution in [3.05, 3.63) is 59.2 Å². The molecule has 150 valence electrons. The average molecular weight is 395 g/mol. The quantitative estimate of drug-likeness (QED) is 0.617. The van der Waals surface area contributed by atoms with Crippen LogP contribution in [0.15, 0.2) is 36.4 Å². The van der Waals surface area contributed by atoms with Crippen LogP contribution in [0.2, 0.25) is 0 Å². The van der Waals surface area contributed by atoms with Crippen LogP contribution < -0.4 is 0 Å². The number of hydrogen-bond acceptors (Lipinski definition) is 7. The fourth-order valence-electron chi connectivity index (χ4n) is 3.25. The fraction of sp³-hybridized carbons (Fsp3) is 0.350. The van der Waals surface area contributed by atoms with Crippen molar-refractivity contribution >= 4 is 17.7 Å². The van der Waals surface area contributed by atoms with Gasteiger partial charge in [-0.1, -0.05) is 30.3 Å². The van der Waals surface area contributed by atoms with E-state index in [1.54, 1.807) is 29.2 Å². The number of benzene rings is 1. The van der Waals surface area contributed by atoms with E-state index >= 15 is 0 Å². The van der Waals surface area contributed by atoms with Gasteiger partial charge in [0.2, 0.25) is 6.10 Å². The van der Waals surface area contributed by atoms with Crippen molar-refractivity contribution in [1.29, 1.82) is 0 Å². The Labute approximate surface area is 167 Å². The molecular formula is C20H21N5O4. The van der Waals surface area contributed by atoms with Gasteiger partial charge in [-0.05, 0) is 19.9 Å². The topological polar surface area (TPSA) is 98.9 Å². The second-order valence-corrected chi connectivity index (χ2v) is 6.82. The Morgan fingerprint density at radius 3 is 2.55 bits per heavy atom. The molecule has 3 heterocycles. The highest BCUT2D eigenvalue weighted by Gasteiger charge is 2.32. The molecule has 29 heavy (non-hydrogen) atoms. The van der Waals surface area contributed by atoms with Gasteiger partial charge in [-0.3, -0.25) is 4.79 Å². The Hall–Kier alpha value is -3.33. The average Bonchev–Trinajstić information content (AvgIpc) is 3.17. The minimum absolute atomic E-state index is 0.137. The summed E-state index contributed by atoms with van der Waals surface area (Å²) in [6, 6.07) is 10.8. The Balaban J connectivity index is 1.62. The van der Waals surface area contributed by atoms with Crippen molar-refractivity contribution in [2.75, 3.05) is 26.3 Å². The lowest BCUT2D eigenvalue weighted by Gasteiger charge is -2.30. The lowest BCUT2D eigenvalue weighted by molar-refractivity contribution is -0.145. The molecule has 1 fully saturated rings. The molecule has 0 radical (unpaired) electrons. The highest BCUT2D eigenvalue weighted by molar-refractivity contribution is 5.90. The van der Waals surface area contributed by atoms with E-state index in [0.717, 1.165) is 11.4 Å². The number of carbonyl (C=O) groups excluding carboxylic acids is 2. The number of aryl methyl sites for hydroxylation is 2. The van der Waals surface area contributed by atoms with Crippen LogP contribution in [0.25, 0.3) is 5.78 Å². The largest absolute Gasteiger partial charge is 0.441 e. The van der Waals surface area contributed by atoms with Crippen LogP contribution in [0.1, 0.15) is 33.7 Å². The van der Waals surface area contributed by atoms with Crippen molar-refractivity contribution in [3.8, 4) is 0 Å². The van der Waals surface area contributed by atoms with Gasteiger partial charge in [0.05, 0.1) is 13.2 Å². The SMILES string of the molecule is Cc1cc(C)n2nc(C(=O)O[C@@H](C(=O)N3CCOCC3)c3ccccc3)nc2n1. The molecular weight excluding hydrogens is 374 g/mol. The second-order valence-electron chi connectivity index (χ2n) is 6.82. The highest BCUT2D eigenvalue weighted by atomic mass is 16.5. The number of rotatable bonds is 4. The van der Waals surface area contributed by atoms with Crippen LogP contribution in [0.5, 0.6) is 0 Å². The molecule has 1 atom stereocenters. The molecule has 2 aromatic heterocycles. The summed E-state index contributed by atoms with van der Waals surface area (Å²) in [4.78, 5) is 36.0. The number of carbonyl (C=O) groups is 2. The van der Waals surface area contributed by atoms with Crippen molar-refractivity contribution in [3.63, 3.8) is 0 Å². The predicted octanol–water partition coefficient (Wildman–Crippen LogP) is 1.50. The number of esters is 1. The minimum atomic E-state index is -1.08. The van der Waals surface area contributed by atoms with E-state index in [9.17, 15) is 9.59 Å². The Kier molecular flexibility index (Phi) is 5.22. The van der Waals surface area contributed by atoms with E-state index in [4.69, 9.17) is 9.47 Å². The second kappa shape index (κ2) is 7.96. The summed E-state index contributed by atoms with van der Waals surface area (Å²) in [5.41, 5.74) is 2.15. The molecule has 9 heteroatoms. The summed E-state index contributed by atoms with van der Waals surface area (Å²) >= 11 is 0. The molecule has 4 rings (SSSR count). The Morgan fingerprint density at radius 2 is 1.83 bits per heavy atom. The minimum Gasteiger partial charge on any atom is -0.441 e. The highest BCUT2D eigenvalue weighted by Crippen LogP contribution is 2.22. The summed E-state index contributed by atoms with van der Waals surface area (Å²) in [5, 5.41) is 4.20. The van der Waals surface area contributed by atoms with E-state index in [1.807, 2.05) is 26.0 Å². The molecule has 0 N–H and O–H groups in total. The molecule has 3 aromatic rings. The van der Waals surface area contributed by atoms with Crippen LogP contribution in [-0.4, -0.2) is 62.7 Å². The number of hydrogen-bond donors (Lipinski definition) is 0. The van der Waals surface area contributed by atoms with Crippen LogP contribution >= 0.6 is 0 Å². The first-order valence-corrected chi connectivity index (χ1v) is 9.36. The molecule has 0 aliphatic carbocycles. The first-order chi connectivity index (χ1) is 14.0. The first-order valence-electron chi connectivity index (χ1n) is 9.36. The summed E-state index contributed by atoms with van der Waals surface area (Å²) in [7, 11) is 0. The number of aromatic nitrogens is 4. The van der Waals surface area contributed by atoms with Crippen molar-refractivity contribution in [1.82, 2.24) is 24.5 Å². The van der Waals surface area contributed by atoms with Gasteiger partial charge in [0, 0.05) is 30.0 Å². The zero-order valence-corrected chi connectivity index (χ0v) is 16.2. The zero-order chi connectivity index (χ0) is 20.4. The number of fused-ring (bicyclic) bond motifs is 1. The lowest BCUT2D eigenvalue weighted by atomic mass is 10.1. The van der Waals surface area contributed by atoms with Gasteiger partial charge in [0.25, 0.3) is 17.5 Å². The third-order valence-electron chi connectivity index (χ3n) is 4.68. The number of nitrogens with zero attached hydrogens (tertiary/aromatic N) is 5. The number of morpholine rings is 1. The molecule has 1 aliphatic heterocycles. The third-order valence-corrected chi connectivity index (χ3v) is 4.68. The maximum Gasteiger partial charge on any atom is 0.379 e. The molecule has 0 unspecified atom stereocenters. The Bertz CT molecular complexity index is 1040. The zero-order valence-electron chi connectivity index (χ0n) is 16.2. The molecule has 1 aliphatic rings. The maximum atomic E-state index is 13.1. The molecule has 0 spiro atoms. The Morgan fingerprint density at radius 1 is 1.10 bits per heavy atom. The van der Waals surface area contributed by atoms with Gasteiger partial charge in [-0.15, -0.1) is 5.10 Å². The number of ether oxygens (including phenoxy) is 2. The number of amides is 1. The molecule has 1 aromatic carbocycles. The van der Waals surface area contributed by atoms with Crippen LogP contribution in [0, 0.1) is 13.8 Å². The van der Waals surface area contributed by atoms with Crippen molar-refractivity contribution < 1.29 is 19.1 Å². The summed E-state index contributed by atoms with van der Waals surface area (Å²) in [5.74, 6) is -0.892.